The Morgan fingerprint density at radius 1 is 1.10 bits per heavy atom. The lowest BCUT2D eigenvalue weighted by Gasteiger charge is -2.30. The van der Waals surface area contributed by atoms with Gasteiger partial charge in [0.1, 0.15) is 18.8 Å². The summed E-state index contributed by atoms with van der Waals surface area (Å²) in [5.41, 5.74) is -1.06. The molecule has 112 valence electrons. The zero-order valence-corrected chi connectivity index (χ0v) is 12.0. The van der Waals surface area contributed by atoms with Gasteiger partial charge in [-0.2, -0.15) is 0 Å². The second kappa shape index (κ2) is 7.98. The van der Waals surface area contributed by atoms with E-state index in [1.54, 1.807) is 21.0 Å². The summed E-state index contributed by atoms with van der Waals surface area (Å²) in [6, 6.07) is -0.406. The molecule has 7 nitrogen and oxygen atoms in total. The van der Waals surface area contributed by atoms with Gasteiger partial charge in [0.15, 0.2) is 0 Å². The topological polar surface area (TPSA) is 84.9 Å². The third-order valence-electron chi connectivity index (χ3n) is 2.21. The number of urea groups is 1. The smallest absolute Gasteiger partial charge is 0.330 e. The summed E-state index contributed by atoms with van der Waals surface area (Å²) < 4.78 is 9.79. The number of carbonyl (C=O) groups excluding carboxylic acids is 3. The Hall–Kier alpha value is -2.31. The highest BCUT2D eigenvalue weighted by Crippen LogP contribution is 2.07. The lowest BCUT2D eigenvalue weighted by atomic mass is 10.1. The molecule has 0 heterocycles. The lowest BCUT2D eigenvalue weighted by molar-refractivity contribution is -0.144. The molecule has 0 aliphatic rings. The number of hydrogen-bond donors (Lipinski definition) is 1. The van der Waals surface area contributed by atoms with Crippen LogP contribution < -0.4 is 5.32 Å². The van der Waals surface area contributed by atoms with Crippen molar-refractivity contribution < 1.29 is 23.9 Å². The molecule has 0 aromatic rings. The van der Waals surface area contributed by atoms with E-state index >= 15 is 0 Å². The molecule has 0 radical (unpaired) electrons. The van der Waals surface area contributed by atoms with Crippen LogP contribution in [0.25, 0.3) is 0 Å². The molecular formula is C13H20N2O5. The van der Waals surface area contributed by atoms with Crippen molar-refractivity contribution in [3.63, 3.8) is 0 Å². The van der Waals surface area contributed by atoms with Gasteiger partial charge in [0.2, 0.25) is 0 Å². The average molecular weight is 284 g/mol. The predicted molar refractivity (Wildman–Crippen MR) is 72.9 cm³/mol. The molecule has 0 fully saturated rings. The number of nitrogens with zero attached hydrogens (tertiary/aromatic N) is 1. The Balaban J connectivity index is 4.76. The van der Waals surface area contributed by atoms with Crippen molar-refractivity contribution in [1.29, 1.82) is 0 Å². The van der Waals surface area contributed by atoms with Crippen LogP contribution in [0.1, 0.15) is 6.92 Å². The first-order chi connectivity index (χ1) is 9.24. The Kier molecular flexibility index (Phi) is 7.06. The van der Waals surface area contributed by atoms with E-state index in [0.717, 1.165) is 12.2 Å². The molecule has 0 spiro atoms. The summed E-state index contributed by atoms with van der Waals surface area (Å²) in [4.78, 5) is 35.2. The molecule has 7 heteroatoms. The summed E-state index contributed by atoms with van der Waals surface area (Å²) in [5.74, 6) is -1.27. The Labute approximate surface area is 118 Å². The summed E-state index contributed by atoms with van der Waals surface area (Å²) in [6.07, 6.45) is 2.01. The van der Waals surface area contributed by atoms with E-state index in [2.05, 4.69) is 18.5 Å². The number of ether oxygens (including phenoxy) is 2. The first-order valence-electron chi connectivity index (χ1n) is 5.82. The highest BCUT2D eigenvalue weighted by atomic mass is 16.5. The Bertz CT molecular complexity index is 380. The molecule has 2 amide bonds. The number of nitrogens with one attached hydrogen (secondary N) is 1. The van der Waals surface area contributed by atoms with Crippen molar-refractivity contribution in [3.05, 3.63) is 25.3 Å². The molecule has 0 aliphatic heterocycles. The van der Waals surface area contributed by atoms with Crippen LogP contribution in [0.3, 0.4) is 0 Å². The first-order valence-corrected chi connectivity index (χ1v) is 5.82. The standard InChI is InChI=1S/C13H20N2O5/c1-6-10(16)19-8-13(3,9-20-11(17)7-2)14-12(18)15(4)5/h6-7H,1-2,8-9H2,3-5H3,(H,14,18). The van der Waals surface area contributed by atoms with Gasteiger partial charge in [0.25, 0.3) is 0 Å². The van der Waals surface area contributed by atoms with E-state index in [4.69, 9.17) is 9.47 Å². The van der Waals surface area contributed by atoms with Gasteiger partial charge in [0, 0.05) is 26.2 Å². The summed E-state index contributed by atoms with van der Waals surface area (Å²) in [5, 5.41) is 2.62. The van der Waals surface area contributed by atoms with E-state index in [0.29, 0.717) is 0 Å². The molecule has 0 saturated carbocycles. The normalized spacial score (nSPS) is 10.2. The molecule has 0 aromatic heterocycles. The number of carbonyl (C=O) groups is 3. The SMILES string of the molecule is C=CC(=O)OCC(C)(COC(=O)C=C)NC(=O)N(C)C. The van der Waals surface area contributed by atoms with Gasteiger partial charge in [-0.15, -0.1) is 0 Å². The number of rotatable bonds is 7. The second-order valence-electron chi connectivity index (χ2n) is 4.51. The van der Waals surface area contributed by atoms with Crippen molar-refractivity contribution >= 4 is 18.0 Å². The second-order valence-corrected chi connectivity index (χ2v) is 4.51. The fourth-order valence-electron chi connectivity index (χ4n) is 1.06. The molecule has 0 bridgehead atoms. The fourth-order valence-corrected chi connectivity index (χ4v) is 1.06. The number of hydrogen-bond acceptors (Lipinski definition) is 5. The minimum Gasteiger partial charge on any atom is -0.460 e. The molecule has 0 aliphatic carbocycles. The van der Waals surface area contributed by atoms with Crippen LogP contribution >= 0.6 is 0 Å². The van der Waals surface area contributed by atoms with E-state index < -0.39 is 23.5 Å². The molecule has 1 N–H and O–H groups in total. The minimum atomic E-state index is -1.06. The van der Waals surface area contributed by atoms with Crippen LogP contribution in [-0.2, 0) is 19.1 Å². The summed E-state index contributed by atoms with van der Waals surface area (Å²) in [7, 11) is 3.11. The average Bonchev–Trinajstić information content (AvgIpc) is 2.42. The van der Waals surface area contributed by atoms with E-state index in [1.807, 2.05) is 0 Å². The zero-order valence-electron chi connectivity index (χ0n) is 12.0. The lowest BCUT2D eigenvalue weighted by Crippen LogP contribution is -2.56. The largest absolute Gasteiger partial charge is 0.460 e. The zero-order chi connectivity index (χ0) is 15.8. The van der Waals surface area contributed by atoms with Crippen molar-refractivity contribution in [2.24, 2.45) is 0 Å². The van der Waals surface area contributed by atoms with Gasteiger partial charge in [0.05, 0.1) is 0 Å². The minimum absolute atomic E-state index is 0.165. The van der Waals surface area contributed by atoms with Crippen LogP contribution in [0.2, 0.25) is 0 Å². The highest BCUT2D eigenvalue weighted by molar-refractivity contribution is 5.82. The molecule has 0 atom stereocenters. The molecule has 0 saturated heterocycles. The van der Waals surface area contributed by atoms with Gasteiger partial charge in [-0.1, -0.05) is 13.2 Å². The van der Waals surface area contributed by atoms with E-state index in [9.17, 15) is 14.4 Å². The van der Waals surface area contributed by atoms with Crippen molar-refractivity contribution in [1.82, 2.24) is 10.2 Å². The van der Waals surface area contributed by atoms with E-state index in [-0.39, 0.29) is 13.2 Å². The van der Waals surface area contributed by atoms with Crippen LogP contribution in [0, 0.1) is 0 Å². The van der Waals surface area contributed by atoms with Crippen LogP contribution in [-0.4, -0.2) is 55.7 Å². The third kappa shape index (κ3) is 6.58. The summed E-state index contributed by atoms with van der Waals surface area (Å²) in [6.45, 7) is 7.79. The maximum absolute atomic E-state index is 11.7. The number of esters is 2. The third-order valence-corrected chi connectivity index (χ3v) is 2.21. The van der Waals surface area contributed by atoms with Gasteiger partial charge in [-0.3, -0.25) is 0 Å². The summed E-state index contributed by atoms with van der Waals surface area (Å²) >= 11 is 0. The van der Waals surface area contributed by atoms with Crippen molar-refractivity contribution in [2.75, 3.05) is 27.3 Å². The van der Waals surface area contributed by atoms with Crippen LogP contribution in [0.15, 0.2) is 25.3 Å². The highest BCUT2D eigenvalue weighted by Gasteiger charge is 2.30. The van der Waals surface area contributed by atoms with E-state index in [1.165, 1.54) is 4.90 Å². The molecule has 0 rings (SSSR count). The molecule has 20 heavy (non-hydrogen) atoms. The number of amides is 2. The Morgan fingerprint density at radius 3 is 1.80 bits per heavy atom. The molecular weight excluding hydrogens is 264 g/mol. The van der Waals surface area contributed by atoms with Gasteiger partial charge in [-0.25, -0.2) is 14.4 Å². The van der Waals surface area contributed by atoms with Crippen molar-refractivity contribution in [3.8, 4) is 0 Å². The van der Waals surface area contributed by atoms with Gasteiger partial charge in [-0.05, 0) is 6.92 Å². The van der Waals surface area contributed by atoms with Crippen molar-refractivity contribution in [2.45, 2.75) is 12.5 Å². The predicted octanol–water partition coefficient (Wildman–Crippen LogP) is 0.475. The van der Waals surface area contributed by atoms with Crippen LogP contribution in [0.5, 0.6) is 0 Å². The first kappa shape index (κ1) is 17.7. The van der Waals surface area contributed by atoms with Gasteiger partial charge < -0.3 is 19.7 Å². The maximum Gasteiger partial charge on any atom is 0.330 e. The maximum atomic E-state index is 11.7. The molecule has 0 unspecified atom stereocenters. The fraction of sp³-hybridized carbons (Fsp3) is 0.462. The van der Waals surface area contributed by atoms with Gasteiger partial charge >= 0.3 is 18.0 Å². The molecule has 0 aromatic carbocycles. The monoisotopic (exact) mass is 284 g/mol. The Morgan fingerprint density at radius 2 is 1.50 bits per heavy atom. The van der Waals surface area contributed by atoms with Crippen LogP contribution in [0.4, 0.5) is 4.79 Å². The quantitative estimate of drug-likeness (QED) is 0.543.